The number of amides is 2. The van der Waals surface area contributed by atoms with Gasteiger partial charge in [0, 0.05) is 30.1 Å². The molecule has 0 unspecified atom stereocenters. The summed E-state index contributed by atoms with van der Waals surface area (Å²) in [5, 5.41) is 2.00. The van der Waals surface area contributed by atoms with Crippen molar-refractivity contribution in [2.75, 3.05) is 19.6 Å². The van der Waals surface area contributed by atoms with Crippen LogP contribution in [0.2, 0.25) is 0 Å². The molecule has 1 aromatic rings. The quantitative estimate of drug-likeness (QED) is 0.754. The zero-order chi connectivity index (χ0) is 18.0. The average molecular weight is 375 g/mol. The lowest BCUT2D eigenvalue weighted by Crippen LogP contribution is -2.47. The summed E-state index contributed by atoms with van der Waals surface area (Å²) in [6.45, 7) is 2.15. The molecule has 0 atom stereocenters. The lowest BCUT2D eigenvalue weighted by molar-refractivity contribution is -0.127. The van der Waals surface area contributed by atoms with Crippen molar-refractivity contribution in [3.05, 3.63) is 28.5 Å². The van der Waals surface area contributed by atoms with Crippen molar-refractivity contribution in [2.24, 2.45) is 0 Å². The van der Waals surface area contributed by atoms with Gasteiger partial charge in [-0.2, -0.15) is 0 Å². The Morgan fingerprint density at radius 2 is 2.00 bits per heavy atom. The molecule has 1 saturated carbocycles. The summed E-state index contributed by atoms with van der Waals surface area (Å²) in [7, 11) is 0. The minimum atomic E-state index is -0.230. The summed E-state index contributed by atoms with van der Waals surface area (Å²) in [5.74, 6) is 0.0598. The molecular weight excluding hydrogens is 348 g/mol. The van der Waals surface area contributed by atoms with Crippen molar-refractivity contribution in [3.8, 4) is 0 Å². The number of carbonyl (C=O) groups excluding carboxylic acids is 2. The third kappa shape index (κ3) is 3.65. The molecule has 140 valence electrons. The highest BCUT2D eigenvalue weighted by Crippen LogP contribution is 2.38. The second-order valence-electron chi connectivity index (χ2n) is 7.64. The van der Waals surface area contributed by atoms with E-state index in [9.17, 15) is 9.59 Å². The average Bonchev–Trinajstić information content (AvgIpc) is 3.29. The Labute approximate surface area is 158 Å². The van der Waals surface area contributed by atoms with E-state index in [4.69, 9.17) is 4.74 Å². The van der Waals surface area contributed by atoms with Gasteiger partial charge in [-0.1, -0.05) is 12.5 Å². The van der Waals surface area contributed by atoms with Gasteiger partial charge in [-0.3, -0.25) is 4.79 Å². The monoisotopic (exact) mass is 374 g/mol. The van der Waals surface area contributed by atoms with Crippen LogP contribution in [0.4, 0.5) is 4.79 Å². The van der Waals surface area contributed by atoms with Crippen LogP contribution in [0.1, 0.15) is 49.8 Å². The van der Waals surface area contributed by atoms with E-state index in [0.29, 0.717) is 13.1 Å². The topological polar surface area (TPSA) is 49.9 Å². The molecular formula is C20H26N2O3S. The molecule has 2 aliphatic heterocycles. The molecule has 2 amide bonds. The summed E-state index contributed by atoms with van der Waals surface area (Å²) < 4.78 is 5.81. The van der Waals surface area contributed by atoms with Crippen molar-refractivity contribution in [1.82, 2.24) is 9.80 Å². The van der Waals surface area contributed by atoms with Crippen LogP contribution < -0.4 is 0 Å². The van der Waals surface area contributed by atoms with E-state index >= 15 is 0 Å². The van der Waals surface area contributed by atoms with Crippen LogP contribution in [-0.4, -0.2) is 53.1 Å². The minimum Gasteiger partial charge on any atom is -0.441 e. The van der Waals surface area contributed by atoms with Gasteiger partial charge in [0.1, 0.15) is 5.60 Å². The summed E-state index contributed by atoms with van der Waals surface area (Å²) >= 11 is 1.62. The Hall–Kier alpha value is -1.82. The van der Waals surface area contributed by atoms with Crippen LogP contribution >= 0.6 is 11.3 Å². The van der Waals surface area contributed by atoms with Crippen molar-refractivity contribution >= 4 is 29.4 Å². The van der Waals surface area contributed by atoms with Gasteiger partial charge in [0.05, 0.1) is 6.54 Å². The van der Waals surface area contributed by atoms with E-state index in [-0.39, 0.29) is 23.6 Å². The molecule has 0 radical (unpaired) electrons. The molecule has 2 saturated heterocycles. The fourth-order valence-electron chi connectivity index (χ4n) is 4.43. The molecule has 4 rings (SSSR count). The van der Waals surface area contributed by atoms with E-state index in [1.807, 2.05) is 33.4 Å². The van der Waals surface area contributed by atoms with Crippen LogP contribution in [0.15, 0.2) is 23.6 Å². The summed E-state index contributed by atoms with van der Waals surface area (Å²) in [4.78, 5) is 29.7. The SMILES string of the molecule is O=C(/C=C/c1cccs1)N1CCC(N2CC3(CCCCC3)OC2=O)CC1. The Morgan fingerprint density at radius 3 is 2.69 bits per heavy atom. The first-order chi connectivity index (χ1) is 12.7. The molecule has 0 bridgehead atoms. The number of nitrogens with zero attached hydrogens (tertiary/aromatic N) is 2. The number of likely N-dealkylation sites (tertiary alicyclic amines) is 1. The van der Waals surface area contributed by atoms with Gasteiger partial charge in [0.25, 0.3) is 0 Å². The molecule has 0 N–H and O–H groups in total. The Bertz CT molecular complexity index is 671. The zero-order valence-electron chi connectivity index (χ0n) is 15.1. The molecule has 5 nitrogen and oxygen atoms in total. The number of carbonyl (C=O) groups is 2. The molecule has 3 aliphatic rings. The maximum Gasteiger partial charge on any atom is 0.410 e. The smallest absolute Gasteiger partial charge is 0.410 e. The van der Waals surface area contributed by atoms with E-state index < -0.39 is 0 Å². The van der Waals surface area contributed by atoms with Crippen LogP contribution in [0.5, 0.6) is 0 Å². The van der Waals surface area contributed by atoms with Crippen molar-refractivity contribution in [1.29, 1.82) is 0 Å². The van der Waals surface area contributed by atoms with Crippen LogP contribution in [0, 0.1) is 0 Å². The molecule has 1 aliphatic carbocycles. The largest absolute Gasteiger partial charge is 0.441 e. The lowest BCUT2D eigenvalue weighted by atomic mass is 9.84. The Balaban J connectivity index is 1.31. The minimum absolute atomic E-state index is 0.0598. The first-order valence-electron chi connectivity index (χ1n) is 9.65. The lowest BCUT2D eigenvalue weighted by Gasteiger charge is -2.36. The van der Waals surface area contributed by atoms with Gasteiger partial charge in [0.2, 0.25) is 5.91 Å². The van der Waals surface area contributed by atoms with Crippen LogP contribution in [0.3, 0.4) is 0 Å². The summed E-state index contributed by atoms with van der Waals surface area (Å²) in [5.41, 5.74) is -0.230. The van der Waals surface area contributed by atoms with E-state index in [1.165, 1.54) is 6.42 Å². The highest BCUT2D eigenvalue weighted by Gasteiger charge is 2.48. The van der Waals surface area contributed by atoms with Crippen LogP contribution in [-0.2, 0) is 9.53 Å². The predicted octanol–water partition coefficient (Wildman–Crippen LogP) is 3.91. The molecule has 6 heteroatoms. The summed E-state index contributed by atoms with van der Waals surface area (Å²) in [6, 6.07) is 4.18. The molecule has 0 aromatic carbocycles. The number of rotatable bonds is 3. The highest BCUT2D eigenvalue weighted by atomic mass is 32.1. The van der Waals surface area contributed by atoms with Crippen molar-refractivity contribution in [3.63, 3.8) is 0 Å². The molecule has 1 aromatic heterocycles. The fourth-order valence-corrected chi connectivity index (χ4v) is 5.05. The molecule has 3 fully saturated rings. The van der Waals surface area contributed by atoms with E-state index in [1.54, 1.807) is 17.4 Å². The van der Waals surface area contributed by atoms with Gasteiger partial charge < -0.3 is 14.5 Å². The van der Waals surface area contributed by atoms with Crippen molar-refractivity contribution in [2.45, 2.75) is 56.6 Å². The van der Waals surface area contributed by atoms with Crippen LogP contribution in [0.25, 0.3) is 6.08 Å². The predicted molar refractivity (Wildman–Crippen MR) is 102 cm³/mol. The third-order valence-corrected chi connectivity index (χ3v) is 6.75. The Kier molecular flexibility index (Phi) is 5.02. The van der Waals surface area contributed by atoms with E-state index in [0.717, 1.165) is 49.9 Å². The fraction of sp³-hybridized carbons (Fsp3) is 0.600. The van der Waals surface area contributed by atoms with E-state index in [2.05, 4.69) is 0 Å². The first-order valence-corrected chi connectivity index (χ1v) is 10.5. The maximum atomic E-state index is 12.4. The highest BCUT2D eigenvalue weighted by molar-refractivity contribution is 7.10. The second-order valence-corrected chi connectivity index (χ2v) is 8.62. The van der Waals surface area contributed by atoms with Gasteiger partial charge in [0.15, 0.2) is 0 Å². The third-order valence-electron chi connectivity index (χ3n) is 5.91. The number of hydrogen-bond donors (Lipinski definition) is 0. The van der Waals surface area contributed by atoms with Gasteiger partial charge in [-0.25, -0.2) is 4.79 Å². The molecule has 26 heavy (non-hydrogen) atoms. The number of ether oxygens (including phenoxy) is 1. The van der Waals surface area contributed by atoms with Gasteiger partial charge >= 0.3 is 6.09 Å². The van der Waals surface area contributed by atoms with Gasteiger partial charge in [-0.05, 0) is 56.0 Å². The molecule has 3 heterocycles. The standard InChI is InChI=1S/C20H26N2O3S/c23-18(7-6-17-5-4-14-26-17)21-12-8-16(9-13-21)22-15-20(25-19(22)24)10-2-1-3-11-20/h4-7,14,16H,1-3,8-13,15H2/b7-6+. The Morgan fingerprint density at radius 1 is 1.23 bits per heavy atom. The van der Waals surface area contributed by atoms with Gasteiger partial charge in [-0.15, -0.1) is 11.3 Å². The second kappa shape index (κ2) is 7.43. The van der Waals surface area contributed by atoms with Crippen molar-refractivity contribution < 1.29 is 14.3 Å². The zero-order valence-corrected chi connectivity index (χ0v) is 15.9. The summed E-state index contributed by atoms with van der Waals surface area (Å²) in [6.07, 6.45) is 10.6. The molecule has 1 spiro atoms. The number of thiophene rings is 1. The number of piperidine rings is 1. The normalized spacial score (nSPS) is 23.8. The maximum absolute atomic E-state index is 12.4. The first kappa shape index (κ1) is 17.6. The number of hydrogen-bond acceptors (Lipinski definition) is 4.